The summed E-state index contributed by atoms with van der Waals surface area (Å²) in [5, 5.41) is 10.7. The fourth-order valence-electron chi connectivity index (χ4n) is 2.44. The summed E-state index contributed by atoms with van der Waals surface area (Å²) in [6, 6.07) is 3.97. The van der Waals surface area contributed by atoms with Crippen LogP contribution in [-0.4, -0.2) is 21.7 Å². The van der Waals surface area contributed by atoms with E-state index in [1.807, 2.05) is 12.1 Å². The maximum Gasteiger partial charge on any atom is 0.102 e. The Morgan fingerprint density at radius 2 is 2.06 bits per heavy atom. The number of hydrogen-bond donors (Lipinski definition) is 1. The molecular formula is C14H16N2OS. The van der Waals surface area contributed by atoms with Crippen molar-refractivity contribution < 1.29 is 5.11 Å². The molecule has 0 spiro atoms. The van der Waals surface area contributed by atoms with Crippen molar-refractivity contribution in [3.8, 4) is 11.3 Å². The fourth-order valence-corrected chi connectivity index (χ4v) is 3.62. The van der Waals surface area contributed by atoms with Crippen molar-refractivity contribution >= 4 is 11.3 Å². The Morgan fingerprint density at radius 1 is 1.33 bits per heavy atom. The lowest BCUT2D eigenvalue weighted by atomic mass is 9.70. The van der Waals surface area contributed by atoms with Crippen LogP contribution in [0.4, 0.5) is 0 Å². The SMILES string of the molecule is Cc1sc(C2(CO)CCC2)nc1-c1ccncc1. The molecule has 0 aromatic carbocycles. The minimum absolute atomic E-state index is 0.0549. The van der Waals surface area contributed by atoms with Crippen LogP contribution in [-0.2, 0) is 5.41 Å². The van der Waals surface area contributed by atoms with Crippen molar-refractivity contribution in [3.63, 3.8) is 0 Å². The molecule has 0 unspecified atom stereocenters. The monoisotopic (exact) mass is 260 g/mol. The number of nitrogens with zero attached hydrogens (tertiary/aromatic N) is 2. The Bertz CT molecular complexity index is 541. The highest BCUT2D eigenvalue weighted by Gasteiger charge is 2.41. The van der Waals surface area contributed by atoms with Gasteiger partial charge in [0.1, 0.15) is 5.01 Å². The van der Waals surface area contributed by atoms with Crippen LogP contribution < -0.4 is 0 Å². The molecule has 0 atom stereocenters. The summed E-state index contributed by atoms with van der Waals surface area (Å²) in [4.78, 5) is 10.0. The summed E-state index contributed by atoms with van der Waals surface area (Å²) < 4.78 is 0. The number of rotatable bonds is 3. The lowest BCUT2D eigenvalue weighted by Gasteiger charge is -2.38. The average Bonchev–Trinajstić information content (AvgIpc) is 2.72. The summed E-state index contributed by atoms with van der Waals surface area (Å²) in [5.41, 5.74) is 2.09. The zero-order valence-corrected chi connectivity index (χ0v) is 11.2. The van der Waals surface area contributed by atoms with E-state index in [1.54, 1.807) is 23.7 Å². The van der Waals surface area contributed by atoms with Crippen LogP contribution in [0.15, 0.2) is 24.5 Å². The maximum absolute atomic E-state index is 9.62. The molecule has 2 aromatic rings. The second-order valence-electron chi connectivity index (χ2n) is 4.95. The maximum atomic E-state index is 9.62. The van der Waals surface area contributed by atoms with Gasteiger partial charge in [-0.2, -0.15) is 0 Å². The molecule has 3 rings (SSSR count). The number of thiazole rings is 1. The first-order valence-electron chi connectivity index (χ1n) is 6.24. The smallest absolute Gasteiger partial charge is 0.102 e. The minimum atomic E-state index is -0.0549. The number of hydrogen-bond acceptors (Lipinski definition) is 4. The fraction of sp³-hybridized carbons (Fsp3) is 0.429. The van der Waals surface area contributed by atoms with Gasteiger partial charge in [-0.05, 0) is 31.9 Å². The highest BCUT2D eigenvalue weighted by atomic mass is 32.1. The lowest BCUT2D eigenvalue weighted by Crippen LogP contribution is -2.37. The molecule has 1 fully saturated rings. The summed E-state index contributed by atoms with van der Waals surface area (Å²) in [6.45, 7) is 2.32. The quantitative estimate of drug-likeness (QED) is 0.923. The molecule has 94 valence electrons. The first-order valence-corrected chi connectivity index (χ1v) is 7.06. The molecule has 1 N–H and O–H groups in total. The zero-order chi connectivity index (χ0) is 12.6. The van der Waals surface area contributed by atoms with E-state index in [1.165, 1.54) is 11.3 Å². The number of pyridine rings is 1. The first kappa shape index (κ1) is 11.8. The van der Waals surface area contributed by atoms with Crippen LogP contribution in [0.1, 0.15) is 29.1 Å². The van der Waals surface area contributed by atoms with E-state index in [0.717, 1.165) is 29.1 Å². The van der Waals surface area contributed by atoms with Gasteiger partial charge in [0.15, 0.2) is 0 Å². The van der Waals surface area contributed by atoms with Crippen LogP contribution >= 0.6 is 11.3 Å². The van der Waals surface area contributed by atoms with Crippen LogP contribution in [0.25, 0.3) is 11.3 Å². The number of aromatic nitrogens is 2. The Hall–Kier alpha value is -1.26. The predicted octanol–water partition coefficient (Wildman–Crippen LogP) is 2.93. The van der Waals surface area contributed by atoms with E-state index in [2.05, 4.69) is 11.9 Å². The van der Waals surface area contributed by atoms with E-state index < -0.39 is 0 Å². The van der Waals surface area contributed by atoms with Crippen LogP contribution in [0.2, 0.25) is 0 Å². The Kier molecular flexibility index (Phi) is 2.92. The zero-order valence-electron chi connectivity index (χ0n) is 10.4. The molecule has 0 radical (unpaired) electrons. The third kappa shape index (κ3) is 1.76. The Labute approximate surface area is 111 Å². The lowest BCUT2D eigenvalue weighted by molar-refractivity contribution is 0.120. The van der Waals surface area contributed by atoms with Crippen LogP contribution in [0.5, 0.6) is 0 Å². The van der Waals surface area contributed by atoms with Gasteiger partial charge in [0.05, 0.1) is 12.3 Å². The van der Waals surface area contributed by atoms with E-state index in [9.17, 15) is 5.11 Å². The van der Waals surface area contributed by atoms with Crippen molar-refractivity contribution in [3.05, 3.63) is 34.4 Å². The van der Waals surface area contributed by atoms with E-state index in [0.29, 0.717) is 0 Å². The summed E-state index contributed by atoms with van der Waals surface area (Å²) in [6.07, 6.45) is 6.90. The Balaban J connectivity index is 2.01. The van der Waals surface area contributed by atoms with Gasteiger partial charge in [-0.3, -0.25) is 4.98 Å². The molecule has 1 aliphatic rings. The molecule has 0 amide bonds. The van der Waals surface area contributed by atoms with Gasteiger partial charge in [-0.15, -0.1) is 11.3 Å². The third-order valence-corrected chi connectivity index (χ3v) is 5.03. The normalized spacial score (nSPS) is 17.4. The van der Waals surface area contributed by atoms with Gasteiger partial charge in [-0.1, -0.05) is 6.42 Å². The summed E-state index contributed by atoms with van der Waals surface area (Å²) >= 11 is 1.73. The predicted molar refractivity (Wildman–Crippen MR) is 72.7 cm³/mol. The molecule has 0 aliphatic heterocycles. The topological polar surface area (TPSA) is 46.0 Å². The Morgan fingerprint density at radius 3 is 2.61 bits per heavy atom. The van der Waals surface area contributed by atoms with Gasteiger partial charge in [-0.25, -0.2) is 4.98 Å². The largest absolute Gasteiger partial charge is 0.395 e. The number of aliphatic hydroxyl groups excluding tert-OH is 1. The number of aryl methyl sites for hydroxylation is 1. The van der Waals surface area contributed by atoms with Crippen molar-refractivity contribution in [1.29, 1.82) is 0 Å². The second-order valence-corrected chi connectivity index (χ2v) is 6.15. The van der Waals surface area contributed by atoms with Gasteiger partial charge in [0, 0.05) is 28.2 Å². The van der Waals surface area contributed by atoms with E-state index in [4.69, 9.17) is 4.98 Å². The van der Waals surface area contributed by atoms with Crippen LogP contribution in [0, 0.1) is 6.92 Å². The molecule has 4 heteroatoms. The van der Waals surface area contributed by atoms with Gasteiger partial charge < -0.3 is 5.11 Å². The minimum Gasteiger partial charge on any atom is -0.395 e. The molecule has 3 nitrogen and oxygen atoms in total. The van der Waals surface area contributed by atoms with E-state index >= 15 is 0 Å². The first-order chi connectivity index (χ1) is 8.75. The average molecular weight is 260 g/mol. The third-order valence-electron chi connectivity index (χ3n) is 3.82. The molecule has 1 saturated carbocycles. The molecule has 2 aromatic heterocycles. The summed E-state index contributed by atoms with van der Waals surface area (Å²) in [7, 11) is 0. The van der Waals surface area contributed by atoms with Crippen molar-refractivity contribution in [2.45, 2.75) is 31.6 Å². The molecule has 18 heavy (non-hydrogen) atoms. The summed E-state index contributed by atoms with van der Waals surface area (Å²) in [5.74, 6) is 0. The molecule has 2 heterocycles. The number of aliphatic hydroxyl groups is 1. The highest BCUT2D eigenvalue weighted by Crippen LogP contribution is 2.46. The van der Waals surface area contributed by atoms with Crippen molar-refractivity contribution in [1.82, 2.24) is 9.97 Å². The molecule has 0 saturated heterocycles. The second kappa shape index (κ2) is 4.44. The van der Waals surface area contributed by atoms with Gasteiger partial charge >= 0.3 is 0 Å². The molecule has 1 aliphatic carbocycles. The van der Waals surface area contributed by atoms with Gasteiger partial charge in [0.25, 0.3) is 0 Å². The molecular weight excluding hydrogens is 244 g/mol. The highest BCUT2D eigenvalue weighted by molar-refractivity contribution is 7.12. The van der Waals surface area contributed by atoms with Crippen molar-refractivity contribution in [2.75, 3.05) is 6.61 Å². The standard InChI is InChI=1S/C14H16N2OS/c1-10-12(11-3-7-15-8-4-11)16-13(18-10)14(9-17)5-2-6-14/h3-4,7-8,17H,2,5-6,9H2,1H3. The van der Waals surface area contributed by atoms with Crippen molar-refractivity contribution in [2.24, 2.45) is 0 Å². The van der Waals surface area contributed by atoms with Gasteiger partial charge in [0.2, 0.25) is 0 Å². The molecule has 0 bridgehead atoms. The van der Waals surface area contributed by atoms with Crippen LogP contribution in [0.3, 0.4) is 0 Å². The van der Waals surface area contributed by atoms with E-state index in [-0.39, 0.29) is 12.0 Å².